The van der Waals surface area contributed by atoms with Crippen LogP contribution in [0.1, 0.15) is 17.2 Å². The third kappa shape index (κ3) is 3.13. The molecular weight excluding hydrogens is 334 g/mol. The summed E-state index contributed by atoms with van der Waals surface area (Å²) in [6, 6.07) is 11.3. The number of ether oxygens (including phenoxy) is 3. The summed E-state index contributed by atoms with van der Waals surface area (Å²) in [5.41, 5.74) is 2.65. The number of hydrogen-bond acceptors (Lipinski definition) is 4. The molecule has 0 spiro atoms. The van der Waals surface area contributed by atoms with Gasteiger partial charge in [-0.1, -0.05) is 36.0 Å². The molecule has 0 radical (unpaired) electrons. The molecule has 3 rings (SSSR count). The average Bonchev–Trinajstić information content (AvgIpc) is 2.72. The maximum absolute atomic E-state index is 6.18. The molecule has 120 valence electrons. The van der Waals surface area contributed by atoms with Gasteiger partial charge in [0.15, 0.2) is 11.5 Å². The van der Waals surface area contributed by atoms with Crippen LogP contribution in [-0.4, -0.2) is 25.8 Å². The Morgan fingerprint density at radius 2 is 2.00 bits per heavy atom. The van der Waals surface area contributed by atoms with E-state index in [1.54, 1.807) is 14.2 Å². The number of nitrogens with one attached hydrogen (secondary N) is 1. The number of hydrogen-bond donors (Lipinski definition) is 1. The number of fused-ring (bicyclic) bond motifs is 1. The molecule has 0 aromatic heterocycles. The molecule has 1 heterocycles. The second kappa shape index (κ2) is 6.74. The van der Waals surface area contributed by atoms with Gasteiger partial charge in [-0.05, 0) is 24.3 Å². The molecule has 0 amide bonds. The lowest BCUT2D eigenvalue weighted by atomic mass is 9.98. The summed E-state index contributed by atoms with van der Waals surface area (Å²) in [5, 5.41) is 3.82. The highest BCUT2D eigenvalue weighted by Gasteiger charge is 2.27. The summed E-state index contributed by atoms with van der Waals surface area (Å²) in [6.07, 6.45) is -0.360. The molecule has 0 aliphatic carbocycles. The van der Waals surface area contributed by atoms with Crippen LogP contribution in [0.25, 0.3) is 0 Å². The van der Waals surface area contributed by atoms with Gasteiger partial charge in [-0.3, -0.25) is 0 Å². The van der Waals surface area contributed by atoms with Crippen molar-refractivity contribution in [1.29, 1.82) is 0 Å². The summed E-state index contributed by atoms with van der Waals surface area (Å²) in [5.74, 6) is 1.29. The third-order valence-corrected chi connectivity index (χ3v) is 4.12. The summed E-state index contributed by atoms with van der Waals surface area (Å²) in [4.78, 5) is 0.623. The van der Waals surface area contributed by atoms with Crippen molar-refractivity contribution in [2.24, 2.45) is 0 Å². The van der Waals surface area contributed by atoms with Crippen LogP contribution in [-0.2, 0) is 4.74 Å². The predicted octanol–water partition coefficient (Wildman–Crippen LogP) is 4.22. The van der Waals surface area contributed by atoms with Crippen molar-refractivity contribution in [3.63, 3.8) is 0 Å². The summed E-state index contributed by atoms with van der Waals surface area (Å²) < 4.78 is 17.0. The van der Waals surface area contributed by atoms with Crippen LogP contribution in [0.2, 0.25) is 5.02 Å². The van der Waals surface area contributed by atoms with Crippen LogP contribution in [0.3, 0.4) is 0 Å². The quantitative estimate of drug-likeness (QED) is 0.840. The smallest absolute Gasteiger partial charge is 0.166 e. The topological polar surface area (TPSA) is 39.7 Å². The lowest BCUT2D eigenvalue weighted by Gasteiger charge is -2.21. The van der Waals surface area contributed by atoms with Gasteiger partial charge in [0.1, 0.15) is 11.1 Å². The highest BCUT2D eigenvalue weighted by molar-refractivity contribution is 7.80. The van der Waals surface area contributed by atoms with Crippen molar-refractivity contribution < 1.29 is 14.2 Å². The van der Waals surface area contributed by atoms with Gasteiger partial charge in [-0.2, -0.15) is 0 Å². The first-order valence-electron chi connectivity index (χ1n) is 7.06. The molecule has 23 heavy (non-hydrogen) atoms. The molecule has 6 heteroatoms. The molecule has 1 N–H and O–H groups in total. The van der Waals surface area contributed by atoms with Gasteiger partial charge in [0.25, 0.3) is 0 Å². The van der Waals surface area contributed by atoms with Crippen molar-refractivity contribution in [1.82, 2.24) is 0 Å². The van der Waals surface area contributed by atoms with Gasteiger partial charge in [0.2, 0.25) is 0 Å². The molecule has 1 aliphatic rings. The molecule has 0 saturated heterocycles. The molecule has 1 aliphatic heterocycles. The summed E-state index contributed by atoms with van der Waals surface area (Å²) >= 11 is 11.5. The SMILES string of the molecule is COc1cccc(C2OCC(=S)Nc3ccc(Cl)cc32)c1OC. The Hall–Kier alpha value is -1.82. The number of anilines is 1. The minimum Gasteiger partial charge on any atom is -0.493 e. The maximum Gasteiger partial charge on any atom is 0.166 e. The normalized spacial score (nSPS) is 17.0. The van der Waals surface area contributed by atoms with Crippen molar-refractivity contribution >= 4 is 34.5 Å². The lowest BCUT2D eigenvalue weighted by molar-refractivity contribution is 0.113. The molecule has 0 fully saturated rings. The first-order valence-corrected chi connectivity index (χ1v) is 7.84. The van der Waals surface area contributed by atoms with E-state index in [1.165, 1.54) is 0 Å². The Labute approximate surface area is 145 Å². The summed E-state index contributed by atoms with van der Waals surface area (Å²) in [6.45, 7) is 0.312. The first-order chi connectivity index (χ1) is 11.1. The Bertz CT molecular complexity index is 751. The van der Waals surface area contributed by atoms with E-state index in [0.29, 0.717) is 28.1 Å². The molecule has 2 aromatic carbocycles. The van der Waals surface area contributed by atoms with Crippen LogP contribution < -0.4 is 14.8 Å². The number of benzene rings is 2. The Morgan fingerprint density at radius 3 is 2.74 bits per heavy atom. The fourth-order valence-electron chi connectivity index (χ4n) is 2.68. The van der Waals surface area contributed by atoms with Crippen molar-refractivity contribution in [2.75, 3.05) is 26.1 Å². The van der Waals surface area contributed by atoms with Crippen LogP contribution in [0, 0.1) is 0 Å². The largest absolute Gasteiger partial charge is 0.493 e. The fraction of sp³-hybridized carbons (Fsp3) is 0.235. The third-order valence-electron chi connectivity index (χ3n) is 3.67. The van der Waals surface area contributed by atoms with Crippen LogP contribution >= 0.6 is 23.8 Å². The van der Waals surface area contributed by atoms with Crippen LogP contribution in [0.15, 0.2) is 36.4 Å². The zero-order valence-electron chi connectivity index (χ0n) is 12.8. The van der Waals surface area contributed by atoms with Crippen molar-refractivity contribution in [3.05, 3.63) is 52.5 Å². The monoisotopic (exact) mass is 349 g/mol. The molecule has 0 bridgehead atoms. The van der Waals surface area contributed by atoms with Gasteiger partial charge in [-0.25, -0.2) is 0 Å². The van der Waals surface area contributed by atoms with E-state index < -0.39 is 0 Å². The van der Waals surface area contributed by atoms with Gasteiger partial charge >= 0.3 is 0 Å². The Morgan fingerprint density at radius 1 is 1.17 bits per heavy atom. The van der Waals surface area contributed by atoms with E-state index in [2.05, 4.69) is 5.32 Å². The van der Waals surface area contributed by atoms with Gasteiger partial charge in [0.05, 0.1) is 20.8 Å². The van der Waals surface area contributed by atoms with Gasteiger partial charge in [-0.15, -0.1) is 0 Å². The standard InChI is InChI=1S/C17H16ClNO3S/c1-20-14-5-3-4-11(17(14)21-2)16-12-8-10(18)6-7-13(12)19-15(23)9-22-16/h3-8,16H,9H2,1-2H3,(H,19,23). The first kappa shape index (κ1) is 16.1. The second-order valence-corrected chi connectivity index (χ2v) is 5.98. The summed E-state index contributed by atoms with van der Waals surface area (Å²) in [7, 11) is 3.22. The number of methoxy groups -OCH3 is 2. The Balaban J connectivity index is 2.17. The average molecular weight is 350 g/mol. The molecule has 4 nitrogen and oxygen atoms in total. The van der Waals surface area contributed by atoms with Crippen LogP contribution in [0.4, 0.5) is 5.69 Å². The molecule has 1 atom stereocenters. The highest BCUT2D eigenvalue weighted by atomic mass is 35.5. The van der Waals surface area contributed by atoms with Gasteiger partial charge in [0, 0.05) is 21.8 Å². The van der Waals surface area contributed by atoms with Crippen LogP contribution in [0.5, 0.6) is 11.5 Å². The van der Waals surface area contributed by atoms with E-state index in [0.717, 1.165) is 16.8 Å². The maximum atomic E-state index is 6.18. The second-order valence-electron chi connectivity index (χ2n) is 5.05. The van der Waals surface area contributed by atoms with E-state index in [1.807, 2.05) is 36.4 Å². The van der Waals surface area contributed by atoms with E-state index in [4.69, 9.17) is 38.0 Å². The fourth-order valence-corrected chi connectivity index (χ4v) is 3.03. The number of para-hydroxylation sites is 1. The predicted molar refractivity (Wildman–Crippen MR) is 95.0 cm³/mol. The zero-order chi connectivity index (χ0) is 16.4. The minimum atomic E-state index is -0.360. The molecular formula is C17H16ClNO3S. The minimum absolute atomic E-state index is 0.312. The van der Waals surface area contributed by atoms with E-state index in [9.17, 15) is 0 Å². The number of thiocarbonyl (C=S) groups is 1. The zero-order valence-corrected chi connectivity index (χ0v) is 14.3. The van der Waals surface area contributed by atoms with Gasteiger partial charge < -0.3 is 19.5 Å². The lowest BCUT2D eigenvalue weighted by Crippen LogP contribution is -2.13. The van der Waals surface area contributed by atoms with E-state index in [-0.39, 0.29) is 6.10 Å². The number of rotatable bonds is 3. The number of halogens is 1. The Kier molecular flexibility index (Phi) is 4.71. The highest BCUT2D eigenvalue weighted by Crippen LogP contribution is 2.42. The van der Waals surface area contributed by atoms with Crippen molar-refractivity contribution in [2.45, 2.75) is 6.10 Å². The molecule has 0 saturated carbocycles. The molecule has 1 unspecified atom stereocenters. The molecule has 2 aromatic rings. The van der Waals surface area contributed by atoms with E-state index >= 15 is 0 Å². The van der Waals surface area contributed by atoms with Crippen molar-refractivity contribution in [3.8, 4) is 11.5 Å².